The van der Waals surface area contributed by atoms with Gasteiger partial charge in [-0.25, -0.2) is 4.98 Å². The van der Waals surface area contributed by atoms with Crippen LogP contribution in [0.1, 0.15) is 12.8 Å². The molecular formula is C9H12N2O3S. The van der Waals surface area contributed by atoms with Crippen molar-refractivity contribution in [2.75, 3.05) is 19.1 Å². The SMILES string of the molecule is COC(=O)CCC(=O)N(C)c1nccs1. The van der Waals surface area contributed by atoms with Crippen molar-refractivity contribution in [3.63, 3.8) is 0 Å². The number of thiazole rings is 1. The van der Waals surface area contributed by atoms with Crippen LogP contribution in [-0.2, 0) is 14.3 Å². The van der Waals surface area contributed by atoms with E-state index in [0.29, 0.717) is 5.13 Å². The number of ether oxygens (including phenoxy) is 1. The largest absolute Gasteiger partial charge is 0.469 e. The second-order valence-electron chi connectivity index (χ2n) is 2.84. The molecule has 0 aromatic carbocycles. The molecule has 1 aromatic rings. The average molecular weight is 228 g/mol. The molecule has 0 fully saturated rings. The molecule has 0 saturated carbocycles. The molecule has 1 aromatic heterocycles. The van der Waals surface area contributed by atoms with Gasteiger partial charge in [0.15, 0.2) is 5.13 Å². The van der Waals surface area contributed by atoms with Crippen LogP contribution < -0.4 is 4.90 Å². The molecule has 0 aliphatic carbocycles. The van der Waals surface area contributed by atoms with Gasteiger partial charge in [-0.2, -0.15) is 0 Å². The van der Waals surface area contributed by atoms with E-state index in [1.165, 1.54) is 23.3 Å². The van der Waals surface area contributed by atoms with Crippen LogP contribution in [0.15, 0.2) is 11.6 Å². The summed E-state index contributed by atoms with van der Waals surface area (Å²) in [5.41, 5.74) is 0. The third-order valence-electron chi connectivity index (χ3n) is 1.85. The minimum Gasteiger partial charge on any atom is -0.469 e. The fourth-order valence-corrected chi connectivity index (χ4v) is 1.59. The number of amides is 1. The number of esters is 1. The summed E-state index contributed by atoms with van der Waals surface area (Å²) in [5, 5.41) is 2.42. The molecule has 82 valence electrons. The van der Waals surface area contributed by atoms with Crippen LogP contribution >= 0.6 is 11.3 Å². The van der Waals surface area contributed by atoms with E-state index < -0.39 is 0 Å². The highest BCUT2D eigenvalue weighted by molar-refractivity contribution is 7.13. The van der Waals surface area contributed by atoms with Crippen molar-refractivity contribution in [1.82, 2.24) is 4.98 Å². The Balaban J connectivity index is 2.44. The maximum atomic E-state index is 11.5. The van der Waals surface area contributed by atoms with Crippen LogP contribution in [-0.4, -0.2) is 31.0 Å². The second-order valence-corrected chi connectivity index (χ2v) is 3.72. The van der Waals surface area contributed by atoms with Crippen molar-refractivity contribution in [2.45, 2.75) is 12.8 Å². The summed E-state index contributed by atoms with van der Waals surface area (Å²) in [7, 11) is 2.94. The predicted octanol–water partition coefficient (Wildman–Crippen LogP) is 1.06. The summed E-state index contributed by atoms with van der Waals surface area (Å²) < 4.78 is 4.45. The highest BCUT2D eigenvalue weighted by Crippen LogP contribution is 2.16. The molecule has 0 bridgehead atoms. The molecule has 0 radical (unpaired) electrons. The van der Waals surface area contributed by atoms with E-state index in [-0.39, 0.29) is 24.7 Å². The number of nitrogens with zero attached hydrogens (tertiary/aromatic N) is 2. The van der Waals surface area contributed by atoms with Crippen molar-refractivity contribution < 1.29 is 14.3 Å². The molecule has 6 heteroatoms. The van der Waals surface area contributed by atoms with Crippen LogP contribution in [0.5, 0.6) is 0 Å². The number of aromatic nitrogens is 1. The van der Waals surface area contributed by atoms with E-state index >= 15 is 0 Å². The van der Waals surface area contributed by atoms with Crippen LogP contribution in [0.3, 0.4) is 0 Å². The van der Waals surface area contributed by atoms with E-state index in [1.807, 2.05) is 0 Å². The van der Waals surface area contributed by atoms with Gasteiger partial charge in [-0.3, -0.25) is 14.5 Å². The highest BCUT2D eigenvalue weighted by atomic mass is 32.1. The van der Waals surface area contributed by atoms with Crippen molar-refractivity contribution in [1.29, 1.82) is 0 Å². The number of carbonyl (C=O) groups is 2. The van der Waals surface area contributed by atoms with E-state index in [9.17, 15) is 9.59 Å². The molecular weight excluding hydrogens is 216 g/mol. The third-order valence-corrected chi connectivity index (χ3v) is 2.70. The fourth-order valence-electron chi connectivity index (χ4n) is 0.967. The molecule has 1 heterocycles. The number of carbonyl (C=O) groups excluding carboxylic acids is 2. The number of anilines is 1. The molecule has 15 heavy (non-hydrogen) atoms. The maximum absolute atomic E-state index is 11.5. The lowest BCUT2D eigenvalue weighted by Crippen LogP contribution is -2.26. The molecule has 0 saturated heterocycles. The minimum atomic E-state index is -0.379. The first kappa shape index (κ1) is 11.6. The van der Waals surface area contributed by atoms with Gasteiger partial charge in [0.05, 0.1) is 13.5 Å². The average Bonchev–Trinajstić information content (AvgIpc) is 2.77. The zero-order chi connectivity index (χ0) is 11.3. The fraction of sp³-hybridized carbons (Fsp3) is 0.444. The molecule has 0 aliphatic rings. The minimum absolute atomic E-state index is 0.102. The number of hydrogen-bond acceptors (Lipinski definition) is 5. The van der Waals surface area contributed by atoms with Crippen molar-refractivity contribution in [3.8, 4) is 0 Å². The Morgan fingerprint density at radius 2 is 2.27 bits per heavy atom. The molecule has 5 nitrogen and oxygen atoms in total. The topological polar surface area (TPSA) is 59.5 Å². The Morgan fingerprint density at radius 1 is 1.53 bits per heavy atom. The van der Waals surface area contributed by atoms with Crippen LogP contribution in [0, 0.1) is 0 Å². The summed E-state index contributed by atoms with van der Waals surface area (Å²) in [6, 6.07) is 0. The lowest BCUT2D eigenvalue weighted by molar-refractivity contribution is -0.141. The van der Waals surface area contributed by atoms with Gasteiger partial charge in [0.25, 0.3) is 0 Å². The van der Waals surface area contributed by atoms with E-state index in [1.54, 1.807) is 18.6 Å². The first-order chi connectivity index (χ1) is 7.15. The van der Waals surface area contributed by atoms with E-state index in [0.717, 1.165) is 0 Å². The van der Waals surface area contributed by atoms with Gasteiger partial charge in [0.2, 0.25) is 5.91 Å². The quantitative estimate of drug-likeness (QED) is 0.723. The Bertz CT molecular complexity index is 337. The predicted molar refractivity (Wildman–Crippen MR) is 56.8 cm³/mol. The van der Waals surface area contributed by atoms with Gasteiger partial charge < -0.3 is 4.74 Å². The Kier molecular flexibility index (Phi) is 4.23. The number of rotatable bonds is 4. The standard InChI is InChI=1S/C9H12N2O3S/c1-11(9-10-5-6-15-9)7(12)3-4-8(13)14-2/h5-6H,3-4H2,1-2H3. The summed E-state index contributed by atoms with van der Waals surface area (Å²) in [6.07, 6.45) is 1.87. The Hall–Kier alpha value is -1.43. The second kappa shape index (κ2) is 5.45. The first-order valence-corrected chi connectivity index (χ1v) is 5.26. The summed E-state index contributed by atoms with van der Waals surface area (Å²) in [5.74, 6) is -0.522. The van der Waals surface area contributed by atoms with Crippen molar-refractivity contribution >= 4 is 28.3 Å². The van der Waals surface area contributed by atoms with Gasteiger partial charge in [-0.1, -0.05) is 0 Å². The smallest absolute Gasteiger partial charge is 0.306 e. The molecule has 0 unspecified atom stereocenters. The maximum Gasteiger partial charge on any atom is 0.306 e. The molecule has 0 atom stereocenters. The Labute approximate surface area is 91.7 Å². The summed E-state index contributed by atoms with van der Waals surface area (Å²) in [4.78, 5) is 27.8. The van der Waals surface area contributed by atoms with Gasteiger partial charge in [0.1, 0.15) is 0 Å². The molecule has 1 rings (SSSR count). The monoisotopic (exact) mass is 228 g/mol. The van der Waals surface area contributed by atoms with Gasteiger partial charge in [0, 0.05) is 25.0 Å². The normalized spacial score (nSPS) is 9.73. The van der Waals surface area contributed by atoms with Gasteiger partial charge in [-0.15, -0.1) is 11.3 Å². The lowest BCUT2D eigenvalue weighted by atomic mass is 10.3. The van der Waals surface area contributed by atoms with Crippen molar-refractivity contribution in [3.05, 3.63) is 11.6 Å². The van der Waals surface area contributed by atoms with E-state index in [4.69, 9.17) is 0 Å². The van der Waals surface area contributed by atoms with Crippen LogP contribution in [0.2, 0.25) is 0 Å². The van der Waals surface area contributed by atoms with Crippen LogP contribution in [0.4, 0.5) is 5.13 Å². The molecule has 0 aliphatic heterocycles. The Morgan fingerprint density at radius 3 is 2.80 bits per heavy atom. The first-order valence-electron chi connectivity index (χ1n) is 4.38. The summed E-state index contributed by atoms with van der Waals surface area (Å²) >= 11 is 1.38. The van der Waals surface area contributed by atoms with Crippen molar-refractivity contribution in [2.24, 2.45) is 0 Å². The zero-order valence-electron chi connectivity index (χ0n) is 8.60. The van der Waals surface area contributed by atoms with Crippen LogP contribution in [0.25, 0.3) is 0 Å². The highest BCUT2D eigenvalue weighted by Gasteiger charge is 2.14. The van der Waals surface area contributed by atoms with Gasteiger partial charge >= 0.3 is 5.97 Å². The zero-order valence-corrected chi connectivity index (χ0v) is 9.41. The molecule has 1 amide bonds. The number of hydrogen-bond donors (Lipinski definition) is 0. The molecule has 0 N–H and O–H groups in total. The lowest BCUT2D eigenvalue weighted by Gasteiger charge is -2.12. The molecule has 0 spiro atoms. The van der Waals surface area contributed by atoms with E-state index in [2.05, 4.69) is 9.72 Å². The number of methoxy groups -OCH3 is 1. The third kappa shape index (κ3) is 3.32. The van der Waals surface area contributed by atoms with Gasteiger partial charge in [-0.05, 0) is 0 Å². The summed E-state index contributed by atoms with van der Waals surface area (Å²) in [6.45, 7) is 0.